The minimum atomic E-state index is -2.29. The summed E-state index contributed by atoms with van der Waals surface area (Å²) in [4.78, 5) is 26.3. The van der Waals surface area contributed by atoms with Crippen LogP contribution in [0.15, 0.2) is 0 Å². The number of hydrogen-bond acceptors (Lipinski definition) is 14. The lowest BCUT2D eigenvalue weighted by molar-refractivity contribution is -0.218. The number of halogens is 5. The molecule has 2 saturated heterocycles. The van der Waals surface area contributed by atoms with Crippen molar-refractivity contribution in [2.24, 2.45) is 95.6 Å². The summed E-state index contributed by atoms with van der Waals surface area (Å²) in [7, 11) is 0. The van der Waals surface area contributed by atoms with Gasteiger partial charge in [-0.25, -0.2) is 22.8 Å². The first kappa shape index (κ1) is 74.2. The van der Waals surface area contributed by atoms with Crippen LogP contribution in [0.4, 0.5) is 26.7 Å². The Hall–Kier alpha value is -2.95. The number of aliphatic hydroxyl groups is 7. The second-order valence-electron chi connectivity index (χ2n) is 38.5. The zero-order chi connectivity index (χ0) is 71.6. The zero-order valence-electron chi connectivity index (χ0n) is 60.9. The number of fused-ring (bicyclic) bond motifs is 4. The van der Waals surface area contributed by atoms with E-state index in [2.05, 4.69) is 74.6 Å². The van der Waals surface area contributed by atoms with Gasteiger partial charge in [-0.05, 0) is 256 Å². The van der Waals surface area contributed by atoms with E-state index in [1.807, 2.05) is 41.5 Å². The molecule has 2 heterocycles. The predicted molar refractivity (Wildman–Crippen MR) is 349 cm³/mol. The van der Waals surface area contributed by atoms with Crippen molar-refractivity contribution in [2.45, 2.75) is 330 Å². The van der Waals surface area contributed by atoms with Crippen molar-refractivity contribution in [2.75, 3.05) is 0 Å². The molecule has 13 rings (SSSR count). The third-order valence-electron chi connectivity index (χ3n) is 30.5. The SMILES string of the molecule is CC(C)(O)[C@@H]1CC[C@](C)([C@H]2[C@@H](O)C[C@@]3(C)C4C[C@H](O)[C@H]5C(C)(C)[C@@H](O)CC[C@@]56CC46CC[C@]23C)O1.CC(C)[C@H](NC(=O)OC(C)(C)C)C(=O)O[C@H]1CC[C@]23C[C@]24CC[C@]2(C)[C@@H]([C@@]5(C)CC[C@@H](C(C)(C)O)O5)[C@@H](O)C[C@@]2(C)C4C[C@H](O)[C@H]3C1(C)C.Oc1c(F)c(F)c(F)c(F)c1F. The van der Waals surface area contributed by atoms with Crippen molar-refractivity contribution in [1.29, 1.82) is 0 Å². The molecule has 0 bridgehead atoms. The summed E-state index contributed by atoms with van der Waals surface area (Å²) in [5.74, 6) is -12.8. The van der Waals surface area contributed by atoms with Gasteiger partial charge in [-0.2, -0.15) is 8.78 Å². The number of carbonyl (C=O) groups excluding carboxylic acids is 2. The van der Waals surface area contributed by atoms with Crippen molar-refractivity contribution < 1.29 is 91.3 Å². The van der Waals surface area contributed by atoms with Crippen molar-refractivity contribution in [3.63, 3.8) is 0 Å². The summed E-state index contributed by atoms with van der Waals surface area (Å²) in [5, 5.41) is 91.0. The number of phenolic OH excluding ortho intramolecular Hbond substituents is 1. The normalized spacial score (nSPS) is 47.9. The summed E-state index contributed by atoms with van der Waals surface area (Å²) in [6, 6.07) is -0.836. The van der Waals surface area contributed by atoms with Crippen LogP contribution in [0.3, 0.4) is 0 Å². The quantitative estimate of drug-likeness (QED) is 0.0509. The number of amides is 1. The average Bonchev–Trinajstić information content (AvgIpc) is 1.46. The molecule has 25 atom stereocenters. The summed E-state index contributed by atoms with van der Waals surface area (Å²) < 4.78 is 85.8. The van der Waals surface area contributed by atoms with Crippen LogP contribution in [0.2, 0.25) is 0 Å². The van der Waals surface area contributed by atoms with Gasteiger partial charge in [-0.15, -0.1) is 0 Å². The molecule has 1 aromatic carbocycles. The van der Waals surface area contributed by atoms with E-state index in [9.17, 15) is 67.3 Å². The highest BCUT2D eigenvalue weighted by Crippen LogP contribution is 2.91. The second kappa shape index (κ2) is 23.0. The van der Waals surface area contributed by atoms with Crippen LogP contribution in [0, 0.1) is 125 Å². The standard InChI is InChI=1S/C40H67NO8.C30H50O5.C6HF5O/c1-22(2)28(41-32(45)49-33(3,4)5)31(44)47-26-14-16-40-21-39(40)18-17-36(10)30(38(12)15-13-27(48-38)35(8,9)46)24(43)20-37(36,11)25(39)19-23(42)29(40)34(26,6)7;1-24(2)20(33)8-11-30-16-29(30)13-12-26(5)23(28(7)10-9-21(35-28)25(3,4)34)18(32)15-27(26,6)19(29)14-17(31)22(24)30;7-1-2(8)4(10)6(12)5(11)3(1)9/h22-30,42-43,46H,13-21H2,1-12H3,(H,41,45);17-23,31-34H,8-16H2,1-7H3;12H/t23-,24-,25?,26-,27-,28-,29-,30-,36+,37-,38+,39-,40+;17-,18-,19?,20-,21-,22-,23-,26+,27-,28+,29?,30+;/m00./s1. The number of alkyl carbamates (subject to hydrolysis) is 1. The number of benzene rings is 1. The molecule has 20 heteroatoms. The van der Waals surface area contributed by atoms with Gasteiger partial charge in [-0.1, -0.05) is 69.2 Å². The zero-order valence-corrected chi connectivity index (χ0v) is 60.9. The molecular weight excluding hydrogens is 1250 g/mol. The fourth-order valence-corrected chi connectivity index (χ4v) is 26.2. The Bertz CT molecular complexity index is 3100. The lowest BCUT2D eigenvalue weighted by atomic mass is 9.41. The molecule has 2 aliphatic heterocycles. The van der Waals surface area contributed by atoms with E-state index in [4.69, 9.17) is 24.1 Å². The fraction of sp³-hybridized carbons (Fsp3) is 0.895. The third-order valence-corrected chi connectivity index (χ3v) is 30.5. The maximum Gasteiger partial charge on any atom is 0.408 e. The number of esters is 1. The second-order valence-corrected chi connectivity index (χ2v) is 38.5. The van der Waals surface area contributed by atoms with E-state index in [1.165, 1.54) is 6.42 Å². The molecule has 1 aromatic rings. The van der Waals surface area contributed by atoms with Gasteiger partial charge in [0.15, 0.2) is 5.75 Å². The Morgan fingerprint density at radius 1 is 0.510 bits per heavy atom. The van der Waals surface area contributed by atoms with Crippen LogP contribution in [0.5, 0.6) is 5.75 Å². The van der Waals surface area contributed by atoms with Gasteiger partial charge >= 0.3 is 12.1 Å². The van der Waals surface area contributed by atoms with Crippen LogP contribution in [0.25, 0.3) is 0 Å². The van der Waals surface area contributed by atoms with E-state index in [0.29, 0.717) is 18.8 Å². The lowest BCUT2D eigenvalue weighted by Gasteiger charge is -2.64. The third kappa shape index (κ3) is 10.6. The highest BCUT2D eigenvalue weighted by Gasteiger charge is 2.87. The first-order valence-corrected chi connectivity index (χ1v) is 36.3. The molecule has 4 spiro atoms. The largest absolute Gasteiger partial charge is 0.503 e. The maximum atomic E-state index is 13.7. The molecule has 12 aliphatic rings. The Labute approximate surface area is 566 Å². The maximum absolute atomic E-state index is 13.7. The van der Waals surface area contributed by atoms with Gasteiger partial charge in [0.25, 0.3) is 0 Å². The topological polar surface area (TPSA) is 245 Å². The van der Waals surface area contributed by atoms with Crippen molar-refractivity contribution in [3.8, 4) is 5.75 Å². The van der Waals surface area contributed by atoms with E-state index >= 15 is 0 Å². The van der Waals surface area contributed by atoms with Gasteiger partial charge in [-0.3, -0.25) is 0 Å². The fourth-order valence-electron chi connectivity index (χ4n) is 26.2. The van der Waals surface area contributed by atoms with Gasteiger partial charge < -0.3 is 65.1 Å². The molecule has 9 N–H and O–H groups in total. The van der Waals surface area contributed by atoms with Crippen molar-refractivity contribution in [3.05, 3.63) is 29.1 Å². The molecule has 12 fully saturated rings. The minimum absolute atomic E-state index is 0.0163. The van der Waals surface area contributed by atoms with E-state index in [1.54, 1.807) is 20.8 Å². The number of aromatic hydroxyl groups is 1. The number of carbonyl (C=O) groups is 2. The number of rotatable bonds is 8. The van der Waals surface area contributed by atoms with Gasteiger partial charge in [0.2, 0.25) is 29.1 Å². The molecule has 3 unspecified atom stereocenters. The molecule has 10 saturated carbocycles. The molecule has 0 radical (unpaired) electrons. The van der Waals surface area contributed by atoms with E-state index < -0.39 is 111 Å². The number of ether oxygens (including phenoxy) is 4. The highest BCUT2D eigenvalue weighted by molar-refractivity contribution is 5.82. The summed E-state index contributed by atoms with van der Waals surface area (Å²) >= 11 is 0. The van der Waals surface area contributed by atoms with Crippen LogP contribution in [-0.4, -0.2) is 136 Å². The molecule has 10 aliphatic carbocycles. The van der Waals surface area contributed by atoms with Crippen molar-refractivity contribution >= 4 is 12.1 Å². The summed E-state index contributed by atoms with van der Waals surface area (Å²) in [6.07, 6.45) is 12.6. The summed E-state index contributed by atoms with van der Waals surface area (Å²) in [5.41, 5.74) is -4.23. The van der Waals surface area contributed by atoms with Crippen LogP contribution < -0.4 is 5.32 Å². The molecule has 546 valence electrons. The number of hydrogen-bond donors (Lipinski definition) is 9. The monoisotopic (exact) mass is 1360 g/mol. The smallest absolute Gasteiger partial charge is 0.408 e. The van der Waals surface area contributed by atoms with Crippen LogP contribution in [-0.2, 0) is 23.7 Å². The van der Waals surface area contributed by atoms with Gasteiger partial charge in [0, 0.05) is 17.3 Å². The predicted octanol–water partition coefficient (Wildman–Crippen LogP) is 13.1. The van der Waals surface area contributed by atoms with E-state index in [0.717, 1.165) is 96.3 Å². The first-order chi connectivity index (χ1) is 43.7. The number of nitrogens with one attached hydrogen (secondary N) is 1. The summed E-state index contributed by atoms with van der Waals surface area (Å²) in [6.45, 7) is 39.1. The minimum Gasteiger partial charge on any atom is -0.503 e. The van der Waals surface area contributed by atoms with Gasteiger partial charge in [0.1, 0.15) is 17.7 Å². The highest BCUT2D eigenvalue weighted by atomic mass is 19.2. The first-order valence-electron chi connectivity index (χ1n) is 36.3. The van der Waals surface area contributed by atoms with Gasteiger partial charge in [0.05, 0.1) is 65.1 Å². The average molecular weight is 1360 g/mol. The van der Waals surface area contributed by atoms with Crippen LogP contribution in [0.1, 0.15) is 247 Å². The molecule has 15 nitrogen and oxygen atoms in total. The van der Waals surface area contributed by atoms with E-state index in [-0.39, 0.29) is 109 Å². The molecule has 1 amide bonds. The molecule has 0 aromatic heterocycles. The molecule has 96 heavy (non-hydrogen) atoms. The Morgan fingerprint density at radius 2 is 0.906 bits per heavy atom. The number of phenols is 1. The number of aliphatic hydroxyl groups excluding tert-OH is 5. The molecular formula is C76H118F5NO14. The van der Waals surface area contributed by atoms with Crippen LogP contribution >= 0.6 is 0 Å². The Morgan fingerprint density at radius 3 is 1.29 bits per heavy atom. The Balaban J connectivity index is 0.000000172. The van der Waals surface area contributed by atoms with Crippen molar-refractivity contribution in [1.82, 2.24) is 5.32 Å². The lowest BCUT2D eigenvalue weighted by Crippen LogP contribution is -2.62. The Kier molecular flexibility index (Phi) is 17.8.